The molecule has 6 aliphatic rings. The number of ether oxygens (including phenoxy) is 2. The van der Waals surface area contributed by atoms with E-state index < -0.39 is 0 Å². The maximum Gasteiger partial charge on any atom is 0.260 e. The second kappa shape index (κ2) is 20.0. The molecule has 10 heteroatoms. The summed E-state index contributed by atoms with van der Waals surface area (Å²) >= 11 is 0.737. The summed E-state index contributed by atoms with van der Waals surface area (Å²) in [6.07, 6.45) is 17.3. The summed E-state index contributed by atoms with van der Waals surface area (Å²) in [6, 6.07) is 12.6. The number of benzene rings is 2. The molecule has 4 fully saturated rings. The number of hydrogen-bond acceptors (Lipinski definition) is 10. The van der Waals surface area contributed by atoms with Gasteiger partial charge in [0.1, 0.15) is 11.5 Å². The molecular formula is C50H75N3O6S. The van der Waals surface area contributed by atoms with Gasteiger partial charge in [0, 0.05) is 13.1 Å². The Hall–Kier alpha value is -2.41. The van der Waals surface area contributed by atoms with Crippen molar-refractivity contribution in [1.82, 2.24) is 9.80 Å². The molecule has 0 heterocycles. The van der Waals surface area contributed by atoms with E-state index in [1.807, 2.05) is 18.2 Å². The molecule has 8 unspecified atom stereocenters. The third kappa shape index (κ3) is 9.71. The van der Waals surface area contributed by atoms with Crippen LogP contribution in [0, 0.1) is 46.3 Å². The Kier molecular flexibility index (Phi) is 15.2. The highest BCUT2D eigenvalue weighted by atomic mass is 32.2. The molecule has 4 saturated carbocycles. The number of likely N-dealkylation sites (N-methyl/N-ethyl adjacent to an activating group) is 2. The quantitative estimate of drug-likeness (QED) is 0.0629. The van der Waals surface area contributed by atoms with Crippen LogP contribution in [0.15, 0.2) is 59.7 Å². The Balaban J connectivity index is 0.000000183. The van der Waals surface area contributed by atoms with E-state index in [9.17, 15) is 5.11 Å². The SMILES string of the molecule is C[C@@H]1Cc2cc(O)ccc2C2CCC3(C)/C(=C/COCCN(C)C)CCC3C21.C[C@@H]1Cc2cc(OSOON)ccc2C2CCC3(C)/C(=C/COCCN(C)C)CCC3C21. The van der Waals surface area contributed by atoms with E-state index in [2.05, 4.69) is 105 Å². The van der Waals surface area contributed by atoms with Gasteiger partial charge < -0.3 is 28.6 Å². The Morgan fingerprint density at radius 1 is 0.733 bits per heavy atom. The molecule has 0 aliphatic heterocycles. The van der Waals surface area contributed by atoms with Gasteiger partial charge in [0.05, 0.1) is 26.4 Å². The van der Waals surface area contributed by atoms with Crippen LogP contribution >= 0.6 is 12.3 Å². The zero-order chi connectivity index (χ0) is 42.6. The van der Waals surface area contributed by atoms with Crippen molar-refractivity contribution in [2.75, 3.05) is 67.7 Å². The molecule has 0 radical (unpaired) electrons. The highest BCUT2D eigenvalue weighted by Crippen LogP contribution is 2.65. The van der Waals surface area contributed by atoms with Gasteiger partial charge in [0.25, 0.3) is 12.3 Å². The fraction of sp³-hybridized carbons (Fsp3) is 0.680. The smallest absolute Gasteiger partial charge is 0.260 e. The number of rotatable bonds is 14. The molecule has 9 nitrogen and oxygen atoms in total. The van der Waals surface area contributed by atoms with Crippen molar-refractivity contribution in [3.05, 3.63) is 82.0 Å². The van der Waals surface area contributed by atoms with Crippen molar-refractivity contribution < 1.29 is 28.1 Å². The molecule has 6 aliphatic carbocycles. The molecule has 2 aromatic rings. The van der Waals surface area contributed by atoms with Crippen molar-refractivity contribution in [2.45, 2.75) is 104 Å². The maximum absolute atomic E-state index is 9.93. The van der Waals surface area contributed by atoms with Gasteiger partial charge in [-0.05, 0) is 197 Å². The second-order valence-corrected chi connectivity index (χ2v) is 20.6. The summed E-state index contributed by atoms with van der Waals surface area (Å²) in [5.74, 6) is 11.8. The predicted octanol–water partition coefficient (Wildman–Crippen LogP) is 10.1. The Morgan fingerprint density at radius 2 is 1.23 bits per heavy atom. The Bertz CT molecular complexity index is 1820. The van der Waals surface area contributed by atoms with Gasteiger partial charge in [-0.2, -0.15) is 5.90 Å². The molecular weight excluding hydrogens is 771 g/mol. The minimum absolute atomic E-state index is 0.330. The molecule has 0 saturated heterocycles. The third-order valence-corrected chi connectivity index (χ3v) is 16.7. The van der Waals surface area contributed by atoms with E-state index in [-0.39, 0.29) is 0 Å². The fourth-order valence-electron chi connectivity index (χ4n) is 13.4. The number of nitrogens with two attached hydrogens (primary N) is 1. The van der Waals surface area contributed by atoms with Crippen molar-refractivity contribution in [1.29, 1.82) is 0 Å². The number of fused-ring (bicyclic) bond motifs is 10. The molecule has 2 aromatic carbocycles. The number of nitrogens with zero attached hydrogens (tertiary/aromatic N) is 2. The van der Waals surface area contributed by atoms with Gasteiger partial charge >= 0.3 is 0 Å². The zero-order valence-corrected chi connectivity index (χ0v) is 38.7. The highest BCUT2D eigenvalue weighted by Gasteiger charge is 2.55. The molecule has 0 amide bonds. The van der Waals surface area contributed by atoms with Crippen LogP contribution in [0.25, 0.3) is 0 Å². The minimum atomic E-state index is 0.330. The van der Waals surface area contributed by atoms with E-state index in [0.717, 1.165) is 94.1 Å². The molecule has 0 bridgehead atoms. The lowest BCUT2D eigenvalue weighted by atomic mass is 9.52. The summed E-state index contributed by atoms with van der Waals surface area (Å²) in [5, 5.41) is 9.93. The van der Waals surface area contributed by atoms with Gasteiger partial charge in [-0.3, -0.25) is 0 Å². The van der Waals surface area contributed by atoms with Gasteiger partial charge in [-0.1, -0.05) is 63.1 Å². The predicted molar refractivity (Wildman–Crippen MR) is 242 cm³/mol. The molecule has 8 rings (SSSR count). The average Bonchev–Trinajstić information content (AvgIpc) is 3.72. The van der Waals surface area contributed by atoms with E-state index in [0.29, 0.717) is 40.3 Å². The van der Waals surface area contributed by atoms with E-state index in [1.165, 1.54) is 73.6 Å². The van der Waals surface area contributed by atoms with Gasteiger partial charge in [0.2, 0.25) is 0 Å². The van der Waals surface area contributed by atoms with Crippen LogP contribution in [0.5, 0.6) is 11.5 Å². The highest BCUT2D eigenvalue weighted by molar-refractivity contribution is 7.90. The first-order valence-corrected chi connectivity index (χ1v) is 23.7. The lowest BCUT2D eigenvalue weighted by Crippen LogP contribution is -2.43. The van der Waals surface area contributed by atoms with Gasteiger partial charge in [-0.15, -0.1) is 9.32 Å². The van der Waals surface area contributed by atoms with Gasteiger partial charge in [0.15, 0.2) is 0 Å². The van der Waals surface area contributed by atoms with Crippen LogP contribution in [0.4, 0.5) is 0 Å². The number of phenolic OH excluding ortho intramolecular Hbond substituents is 1. The van der Waals surface area contributed by atoms with E-state index >= 15 is 0 Å². The van der Waals surface area contributed by atoms with Crippen molar-refractivity contribution in [2.24, 2.45) is 52.2 Å². The lowest BCUT2D eigenvalue weighted by Gasteiger charge is -2.52. The first-order chi connectivity index (χ1) is 28.8. The Morgan fingerprint density at radius 3 is 1.73 bits per heavy atom. The van der Waals surface area contributed by atoms with Crippen molar-refractivity contribution in [3.8, 4) is 11.5 Å². The van der Waals surface area contributed by atoms with Crippen LogP contribution in [-0.2, 0) is 31.6 Å². The zero-order valence-electron chi connectivity index (χ0n) is 37.9. The summed E-state index contributed by atoms with van der Waals surface area (Å²) < 4.78 is 21.9. The molecule has 332 valence electrons. The van der Waals surface area contributed by atoms with Crippen LogP contribution < -0.4 is 10.1 Å². The minimum Gasteiger partial charge on any atom is -0.508 e. The number of hydrogen-bond donors (Lipinski definition) is 2. The summed E-state index contributed by atoms with van der Waals surface area (Å²) in [4.78, 5) is 8.43. The summed E-state index contributed by atoms with van der Waals surface area (Å²) in [6.45, 7) is 15.0. The summed E-state index contributed by atoms with van der Waals surface area (Å²) in [5.41, 5.74) is 9.83. The first kappa shape index (κ1) is 45.6. The molecule has 3 N–H and O–H groups in total. The Labute approximate surface area is 366 Å². The number of phenols is 1. The third-order valence-electron chi connectivity index (χ3n) is 16.3. The van der Waals surface area contributed by atoms with E-state index in [1.54, 1.807) is 11.1 Å². The molecule has 0 aromatic heterocycles. The average molecular weight is 846 g/mol. The topological polar surface area (TPSA) is 98.9 Å². The second-order valence-electron chi connectivity index (χ2n) is 20.2. The van der Waals surface area contributed by atoms with Crippen molar-refractivity contribution >= 4 is 12.3 Å². The summed E-state index contributed by atoms with van der Waals surface area (Å²) in [7, 11) is 8.36. The molecule has 0 spiro atoms. The maximum atomic E-state index is 9.93. The first-order valence-electron chi connectivity index (χ1n) is 23.0. The van der Waals surface area contributed by atoms with E-state index in [4.69, 9.17) is 19.6 Å². The lowest BCUT2D eigenvalue weighted by molar-refractivity contribution is -0.199. The van der Waals surface area contributed by atoms with Gasteiger partial charge in [-0.25, -0.2) is 0 Å². The van der Waals surface area contributed by atoms with Crippen LogP contribution in [0.2, 0.25) is 0 Å². The van der Waals surface area contributed by atoms with Crippen LogP contribution in [0.1, 0.15) is 113 Å². The number of aromatic hydroxyl groups is 1. The van der Waals surface area contributed by atoms with Crippen LogP contribution in [0.3, 0.4) is 0 Å². The standard InChI is InChI=1S/C25H38N2O4S.C25H37NO2/c1-17-15-18-16-20(29-32-31-30-26)6-7-21(18)22-9-11-25(2)19(5-8-23(25)24(17)22)10-13-28-14-12-27(3)4;1-17-15-18-16-20(27)6-7-21(18)22-9-11-25(2)19(5-8-23(25)24(17)22)10-13-28-14-12-26(3)4/h6-7,10,16-17,22-24H,5,8-9,11-15,26H2,1-4H3;6-7,10,16-17,22-24,27H,5,8-9,11-15H2,1-4H3/b2*19-10+/t2*17-,22?,23?,24?,25?/m11/s1. The normalized spacial score (nSPS) is 34.0. The fourth-order valence-corrected chi connectivity index (χ4v) is 13.6. The number of allylic oxidation sites excluding steroid dienone is 2. The monoisotopic (exact) mass is 846 g/mol. The van der Waals surface area contributed by atoms with Crippen molar-refractivity contribution in [3.63, 3.8) is 0 Å². The molecule has 60 heavy (non-hydrogen) atoms. The largest absolute Gasteiger partial charge is 0.508 e. The van der Waals surface area contributed by atoms with Crippen LogP contribution in [-0.4, -0.2) is 82.6 Å². The molecule has 10 atom stereocenters.